The molecule has 1 aliphatic heterocycles. The van der Waals surface area contributed by atoms with Gasteiger partial charge >= 0.3 is 0 Å². The molecule has 1 atom stereocenters. The average molecular weight is 544 g/mol. The molecule has 3 aromatic rings. The first-order valence-corrected chi connectivity index (χ1v) is 14.6. The molecule has 12 heteroatoms. The first kappa shape index (κ1) is 26.3. The number of sulfonamides is 1. The highest BCUT2D eigenvalue weighted by molar-refractivity contribution is 7.91. The first-order valence-electron chi connectivity index (χ1n) is 11.2. The largest absolute Gasteiger partial charge is 0.457 e. The van der Waals surface area contributed by atoms with Crippen LogP contribution in [0.4, 0.5) is 0 Å². The van der Waals surface area contributed by atoms with E-state index < -0.39 is 37.7 Å². The van der Waals surface area contributed by atoms with Crippen LogP contribution in [0.5, 0.6) is 0 Å². The Bertz CT molecular complexity index is 1570. The van der Waals surface area contributed by atoms with E-state index in [0.29, 0.717) is 16.9 Å². The van der Waals surface area contributed by atoms with Crippen LogP contribution in [0.1, 0.15) is 28.1 Å². The van der Waals surface area contributed by atoms with Crippen LogP contribution < -0.4 is 15.8 Å². The molecule has 10 nitrogen and oxygen atoms in total. The molecule has 2 aromatic carbocycles. The van der Waals surface area contributed by atoms with E-state index in [-0.39, 0.29) is 34.3 Å². The van der Waals surface area contributed by atoms with Gasteiger partial charge < -0.3 is 15.1 Å². The summed E-state index contributed by atoms with van der Waals surface area (Å²) in [7, 11) is -7.06. The van der Waals surface area contributed by atoms with Crippen LogP contribution in [0.15, 0.2) is 75.7 Å². The Balaban J connectivity index is 1.60. The molecule has 2 amide bonds. The van der Waals surface area contributed by atoms with E-state index in [1.807, 2.05) is 6.92 Å². The second-order valence-electron chi connectivity index (χ2n) is 8.72. The van der Waals surface area contributed by atoms with Gasteiger partial charge in [0.05, 0.1) is 16.4 Å². The SMILES string of the molecule is Cc1ccc(C(=O)N/C(=C/c2ccc(-c3ccc(S(N)(=O)=O)cc3)o2)C(=O)N[C@@H]2CCS(=O)(=O)C2)cc1. The van der Waals surface area contributed by atoms with Gasteiger partial charge in [0.2, 0.25) is 10.0 Å². The fraction of sp³-hybridized carbons (Fsp3) is 0.200. The van der Waals surface area contributed by atoms with Crippen LogP contribution >= 0.6 is 0 Å². The van der Waals surface area contributed by atoms with Gasteiger partial charge in [-0.05, 0) is 61.9 Å². The summed E-state index contributed by atoms with van der Waals surface area (Å²) in [5.41, 5.74) is 1.74. The molecule has 1 aliphatic rings. The lowest BCUT2D eigenvalue weighted by molar-refractivity contribution is -0.118. The number of nitrogens with one attached hydrogen (secondary N) is 2. The highest BCUT2D eigenvalue weighted by atomic mass is 32.2. The first-order chi connectivity index (χ1) is 17.4. The number of rotatable bonds is 7. The predicted octanol–water partition coefficient (Wildman–Crippen LogP) is 1.98. The molecule has 1 saturated heterocycles. The van der Waals surface area contributed by atoms with E-state index in [0.717, 1.165) is 5.56 Å². The summed E-state index contributed by atoms with van der Waals surface area (Å²) in [5.74, 6) is -0.739. The maximum atomic E-state index is 13.0. The van der Waals surface area contributed by atoms with Crippen LogP contribution in [0, 0.1) is 6.92 Å². The van der Waals surface area contributed by atoms with E-state index >= 15 is 0 Å². The molecule has 4 rings (SSSR count). The summed E-state index contributed by atoms with van der Waals surface area (Å²) in [5, 5.41) is 10.4. The molecule has 1 aromatic heterocycles. The Kier molecular flexibility index (Phi) is 7.35. The van der Waals surface area contributed by atoms with Crippen molar-refractivity contribution in [1.29, 1.82) is 0 Å². The van der Waals surface area contributed by atoms with Crippen molar-refractivity contribution in [2.75, 3.05) is 11.5 Å². The second-order valence-corrected chi connectivity index (χ2v) is 12.5. The number of sulfone groups is 1. The van der Waals surface area contributed by atoms with E-state index in [2.05, 4.69) is 10.6 Å². The number of hydrogen-bond donors (Lipinski definition) is 3. The Morgan fingerprint density at radius 3 is 2.30 bits per heavy atom. The van der Waals surface area contributed by atoms with Gasteiger partial charge in [0.25, 0.3) is 11.8 Å². The van der Waals surface area contributed by atoms with Gasteiger partial charge in [-0.25, -0.2) is 22.0 Å². The van der Waals surface area contributed by atoms with Gasteiger partial charge in [-0.1, -0.05) is 17.7 Å². The number of aryl methyl sites for hydroxylation is 1. The molecule has 0 radical (unpaired) electrons. The fourth-order valence-corrected chi connectivity index (χ4v) is 5.96. The van der Waals surface area contributed by atoms with Crippen molar-refractivity contribution < 1.29 is 30.8 Å². The predicted molar refractivity (Wildman–Crippen MR) is 137 cm³/mol. The fourth-order valence-electron chi connectivity index (χ4n) is 3.77. The van der Waals surface area contributed by atoms with Crippen LogP contribution in [0.3, 0.4) is 0 Å². The van der Waals surface area contributed by atoms with Crippen molar-refractivity contribution in [3.8, 4) is 11.3 Å². The molecular weight excluding hydrogens is 518 g/mol. The second kappa shape index (κ2) is 10.3. The topological polar surface area (TPSA) is 166 Å². The monoisotopic (exact) mass is 543 g/mol. The van der Waals surface area contributed by atoms with Crippen LogP contribution in [0.25, 0.3) is 17.4 Å². The zero-order valence-electron chi connectivity index (χ0n) is 19.8. The average Bonchev–Trinajstić information content (AvgIpc) is 3.44. The van der Waals surface area contributed by atoms with E-state index in [4.69, 9.17) is 9.56 Å². The minimum absolute atomic E-state index is 0.0154. The van der Waals surface area contributed by atoms with Crippen molar-refractivity contribution in [2.24, 2.45) is 5.14 Å². The molecule has 37 heavy (non-hydrogen) atoms. The molecule has 0 saturated carbocycles. The van der Waals surface area contributed by atoms with Gasteiger partial charge in [-0.15, -0.1) is 0 Å². The van der Waals surface area contributed by atoms with Crippen LogP contribution in [-0.2, 0) is 24.7 Å². The quantitative estimate of drug-likeness (QED) is 0.383. The number of carbonyl (C=O) groups excluding carboxylic acids is 2. The molecule has 0 unspecified atom stereocenters. The lowest BCUT2D eigenvalue weighted by atomic mass is 10.1. The van der Waals surface area contributed by atoms with E-state index in [1.54, 1.807) is 36.4 Å². The molecular formula is C25H25N3O7S2. The lowest BCUT2D eigenvalue weighted by Gasteiger charge is -2.14. The zero-order valence-corrected chi connectivity index (χ0v) is 21.4. The maximum absolute atomic E-state index is 13.0. The smallest absolute Gasteiger partial charge is 0.268 e. The summed E-state index contributed by atoms with van der Waals surface area (Å²) in [6.07, 6.45) is 1.62. The molecule has 0 spiro atoms. The number of furan rings is 1. The third-order valence-electron chi connectivity index (χ3n) is 5.75. The third kappa shape index (κ3) is 6.73. The van der Waals surface area contributed by atoms with Crippen LogP contribution in [0.2, 0.25) is 0 Å². The maximum Gasteiger partial charge on any atom is 0.268 e. The summed E-state index contributed by atoms with van der Waals surface area (Å²) >= 11 is 0. The lowest BCUT2D eigenvalue weighted by Crippen LogP contribution is -2.41. The Morgan fingerprint density at radius 1 is 1.03 bits per heavy atom. The summed E-state index contributed by atoms with van der Waals surface area (Å²) in [6.45, 7) is 1.88. The Labute approximate surface area is 214 Å². The highest BCUT2D eigenvalue weighted by Crippen LogP contribution is 2.25. The van der Waals surface area contributed by atoms with E-state index in [1.165, 1.54) is 30.3 Å². The summed E-state index contributed by atoms with van der Waals surface area (Å²) < 4.78 is 52.3. The molecule has 0 bridgehead atoms. The normalized spacial score (nSPS) is 17.4. The molecule has 2 heterocycles. The van der Waals surface area contributed by atoms with E-state index in [9.17, 15) is 26.4 Å². The zero-order chi connectivity index (χ0) is 26.8. The van der Waals surface area contributed by atoms with Gasteiger partial charge in [-0.3, -0.25) is 9.59 Å². The molecule has 4 N–H and O–H groups in total. The van der Waals surface area contributed by atoms with Gasteiger partial charge in [0.1, 0.15) is 17.2 Å². The summed E-state index contributed by atoms with van der Waals surface area (Å²) in [6, 6.07) is 15.2. The summed E-state index contributed by atoms with van der Waals surface area (Å²) in [4.78, 5) is 25.8. The van der Waals surface area contributed by atoms with Gasteiger partial charge in [-0.2, -0.15) is 0 Å². The number of carbonyl (C=O) groups is 2. The standard InChI is InChI=1S/C25H25N3O7S2/c1-16-2-4-18(5-3-16)24(29)28-22(25(30)27-19-12-13-36(31,32)15-19)14-20-8-11-23(35-20)17-6-9-21(10-7-17)37(26,33)34/h2-11,14,19H,12-13,15H2,1H3,(H,27,30)(H,28,29)(H2,26,33,34)/b22-14+/t19-/m1/s1. The van der Waals surface area contributed by atoms with Crippen molar-refractivity contribution in [2.45, 2.75) is 24.3 Å². The Morgan fingerprint density at radius 2 is 1.70 bits per heavy atom. The number of hydrogen-bond acceptors (Lipinski definition) is 7. The number of benzene rings is 2. The van der Waals surface area contributed by atoms with Crippen molar-refractivity contribution in [3.05, 3.63) is 83.2 Å². The number of nitrogens with two attached hydrogens (primary N) is 1. The number of primary sulfonamides is 1. The molecule has 1 fully saturated rings. The molecule has 194 valence electrons. The Hall–Kier alpha value is -3.74. The third-order valence-corrected chi connectivity index (χ3v) is 8.45. The van der Waals surface area contributed by atoms with Crippen LogP contribution in [-0.4, -0.2) is 46.2 Å². The number of amides is 2. The highest BCUT2D eigenvalue weighted by Gasteiger charge is 2.30. The van der Waals surface area contributed by atoms with Gasteiger partial charge in [0.15, 0.2) is 9.84 Å². The van der Waals surface area contributed by atoms with Crippen molar-refractivity contribution in [3.63, 3.8) is 0 Å². The molecule has 0 aliphatic carbocycles. The van der Waals surface area contributed by atoms with Crippen molar-refractivity contribution >= 4 is 37.8 Å². The van der Waals surface area contributed by atoms with Gasteiger partial charge in [0, 0.05) is 23.2 Å². The minimum Gasteiger partial charge on any atom is -0.457 e. The van der Waals surface area contributed by atoms with Crippen molar-refractivity contribution in [1.82, 2.24) is 10.6 Å². The minimum atomic E-state index is -3.84.